The first-order valence-corrected chi connectivity index (χ1v) is 8.82. The predicted octanol–water partition coefficient (Wildman–Crippen LogP) is 2.08. The fourth-order valence-corrected chi connectivity index (χ4v) is 3.89. The third-order valence-electron chi connectivity index (χ3n) is 5.01. The standard InChI is InChI=1S/C17H33N3O/c1-14(2)10-15(12-18)11-17(21)20-9-5-6-16(13-20)19-7-3-4-8-19/h14-16H,3-13,18H2,1-2H3. The summed E-state index contributed by atoms with van der Waals surface area (Å²) in [6.07, 6.45) is 6.77. The van der Waals surface area contributed by atoms with Crippen LogP contribution >= 0.6 is 0 Å². The molecule has 122 valence electrons. The van der Waals surface area contributed by atoms with Crippen molar-refractivity contribution in [2.75, 3.05) is 32.7 Å². The van der Waals surface area contributed by atoms with Gasteiger partial charge in [-0.3, -0.25) is 9.69 Å². The Morgan fingerprint density at radius 2 is 1.90 bits per heavy atom. The molecule has 0 radical (unpaired) electrons. The van der Waals surface area contributed by atoms with E-state index in [9.17, 15) is 4.79 Å². The second-order valence-electron chi connectivity index (χ2n) is 7.31. The summed E-state index contributed by atoms with van der Waals surface area (Å²) in [6, 6.07) is 0.603. The second kappa shape index (κ2) is 8.14. The fraction of sp³-hybridized carbons (Fsp3) is 0.941. The van der Waals surface area contributed by atoms with E-state index in [4.69, 9.17) is 5.73 Å². The molecule has 0 aromatic heterocycles. The molecule has 2 rings (SSSR count). The van der Waals surface area contributed by atoms with Crippen LogP contribution in [-0.4, -0.2) is 54.5 Å². The minimum atomic E-state index is 0.329. The summed E-state index contributed by atoms with van der Waals surface area (Å²) in [5.74, 6) is 1.30. The van der Waals surface area contributed by atoms with E-state index >= 15 is 0 Å². The number of rotatable bonds is 6. The molecule has 2 unspecified atom stereocenters. The van der Waals surface area contributed by atoms with Crippen LogP contribution in [-0.2, 0) is 4.79 Å². The van der Waals surface area contributed by atoms with E-state index in [0.29, 0.717) is 36.8 Å². The molecule has 4 heteroatoms. The molecule has 2 saturated heterocycles. The summed E-state index contributed by atoms with van der Waals surface area (Å²) in [4.78, 5) is 17.3. The lowest BCUT2D eigenvalue weighted by atomic mass is 9.93. The van der Waals surface area contributed by atoms with Gasteiger partial charge in [0, 0.05) is 25.6 Å². The van der Waals surface area contributed by atoms with Crippen LogP contribution in [0.25, 0.3) is 0 Å². The van der Waals surface area contributed by atoms with Crippen LogP contribution in [0.2, 0.25) is 0 Å². The van der Waals surface area contributed by atoms with E-state index in [-0.39, 0.29) is 0 Å². The van der Waals surface area contributed by atoms with Crippen molar-refractivity contribution in [1.82, 2.24) is 9.80 Å². The minimum Gasteiger partial charge on any atom is -0.341 e. The van der Waals surface area contributed by atoms with Crippen molar-refractivity contribution in [3.05, 3.63) is 0 Å². The Balaban J connectivity index is 1.83. The molecule has 0 spiro atoms. The lowest BCUT2D eigenvalue weighted by Gasteiger charge is -2.38. The zero-order chi connectivity index (χ0) is 15.2. The average Bonchev–Trinajstić information content (AvgIpc) is 3.00. The monoisotopic (exact) mass is 295 g/mol. The number of carbonyl (C=O) groups excluding carboxylic acids is 1. The zero-order valence-corrected chi connectivity index (χ0v) is 13.9. The molecule has 2 fully saturated rings. The van der Waals surface area contributed by atoms with Crippen LogP contribution in [0, 0.1) is 11.8 Å². The Bertz CT molecular complexity index is 326. The van der Waals surface area contributed by atoms with E-state index in [1.165, 1.54) is 32.4 Å². The van der Waals surface area contributed by atoms with Gasteiger partial charge in [-0.2, -0.15) is 0 Å². The lowest BCUT2D eigenvalue weighted by Crippen LogP contribution is -2.49. The van der Waals surface area contributed by atoms with Gasteiger partial charge in [0.05, 0.1) is 0 Å². The van der Waals surface area contributed by atoms with Crippen LogP contribution in [0.5, 0.6) is 0 Å². The molecule has 1 amide bonds. The molecule has 2 N–H and O–H groups in total. The van der Waals surface area contributed by atoms with Crippen LogP contribution in [0.3, 0.4) is 0 Å². The molecule has 4 nitrogen and oxygen atoms in total. The molecule has 2 aliphatic rings. The molecule has 2 heterocycles. The molecule has 0 aliphatic carbocycles. The number of nitrogens with two attached hydrogens (primary N) is 1. The molecule has 0 aromatic rings. The fourth-order valence-electron chi connectivity index (χ4n) is 3.89. The summed E-state index contributed by atoms with van der Waals surface area (Å²) in [6.45, 7) is 9.39. The smallest absolute Gasteiger partial charge is 0.222 e. The van der Waals surface area contributed by atoms with E-state index in [1.807, 2.05) is 0 Å². The van der Waals surface area contributed by atoms with Gasteiger partial charge in [0.1, 0.15) is 0 Å². The molecule has 0 aromatic carbocycles. The van der Waals surface area contributed by atoms with Gasteiger partial charge in [-0.1, -0.05) is 13.8 Å². The van der Waals surface area contributed by atoms with E-state index in [1.54, 1.807) is 0 Å². The molecule has 21 heavy (non-hydrogen) atoms. The molecule has 0 bridgehead atoms. The minimum absolute atomic E-state index is 0.329. The number of carbonyl (C=O) groups is 1. The molecular weight excluding hydrogens is 262 g/mol. The van der Waals surface area contributed by atoms with E-state index in [0.717, 1.165) is 25.9 Å². The van der Waals surface area contributed by atoms with Gasteiger partial charge in [0.25, 0.3) is 0 Å². The summed E-state index contributed by atoms with van der Waals surface area (Å²) in [5.41, 5.74) is 5.85. The Hall–Kier alpha value is -0.610. The van der Waals surface area contributed by atoms with Crippen molar-refractivity contribution in [1.29, 1.82) is 0 Å². The molecule has 2 aliphatic heterocycles. The predicted molar refractivity (Wildman–Crippen MR) is 87.0 cm³/mol. The first-order chi connectivity index (χ1) is 10.1. The largest absolute Gasteiger partial charge is 0.341 e. The van der Waals surface area contributed by atoms with Gasteiger partial charge in [0.15, 0.2) is 0 Å². The Labute approximate surface area is 130 Å². The van der Waals surface area contributed by atoms with Crippen molar-refractivity contribution in [2.45, 2.75) is 58.4 Å². The number of likely N-dealkylation sites (tertiary alicyclic amines) is 2. The number of hydrogen-bond donors (Lipinski definition) is 1. The van der Waals surface area contributed by atoms with E-state index < -0.39 is 0 Å². The lowest BCUT2D eigenvalue weighted by molar-refractivity contribution is -0.134. The van der Waals surface area contributed by atoms with Crippen LogP contribution < -0.4 is 5.73 Å². The summed E-state index contributed by atoms with van der Waals surface area (Å²) >= 11 is 0. The normalized spacial score (nSPS) is 25.5. The summed E-state index contributed by atoms with van der Waals surface area (Å²) in [5, 5.41) is 0. The maximum Gasteiger partial charge on any atom is 0.222 e. The third kappa shape index (κ3) is 4.96. The van der Waals surface area contributed by atoms with Crippen molar-refractivity contribution >= 4 is 5.91 Å². The zero-order valence-electron chi connectivity index (χ0n) is 13.9. The van der Waals surface area contributed by atoms with Gasteiger partial charge in [0.2, 0.25) is 5.91 Å². The van der Waals surface area contributed by atoms with Crippen LogP contribution in [0.4, 0.5) is 0 Å². The Morgan fingerprint density at radius 3 is 2.52 bits per heavy atom. The SMILES string of the molecule is CC(C)CC(CN)CC(=O)N1CCCC(N2CCCC2)C1. The van der Waals surface area contributed by atoms with Crippen molar-refractivity contribution in [2.24, 2.45) is 17.6 Å². The average molecular weight is 295 g/mol. The first-order valence-electron chi connectivity index (χ1n) is 8.82. The van der Waals surface area contributed by atoms with E-state index in [2.05, 4.69) is 23.6 Å². The topological polar surface area (TPSA) is 49.6 Å². The highest BCUT2D eigenvalue weighted by molar-refractivity contribution is 5.76. The number of amides is 1. The number of hydrogen-bond acceptors (Lipinski definition) is 3. The summed E-state index contributed by atoms with van der Waals surface area (Å²) < 4.78 is 0. The van der Waals surface area contributed by atoms with Gasteiger partial charge in [-0.05, 0) is 63.6 Å². The highest BCUT2D eigenvalue weighted by Gasteiger charge is 2.29. The van der Waals surface area contributed by atoms with Crippen LogP contribution in [0.1, 0.15) is 52.4 Å². The van der Waals surface area contributed by atoms with Gasteiger partial charge in [-0.25, -0.2) is 0 Å². The summed E-state index contributed by atoms with van der Waals surface area (Å²) in [7, 11) is 0. The first kappa shape index (κ1) is 16.8. The van der Waals surface area contributed by atoms with Crippen LogP contribution in [0.15, 0.2) is 0 Å². The van der Waals surface area contributed by atoms with Gasteiger partial charge in [-0.15, -0.1) is 0 Å². The van der Waals surface area contributed by atoms with Gasteiger partial charge >= 0.3 is 0 Å². The number of piperidine rings is 1. The number of nitrogens with zero attached hydrogens (tertiary/aromatic N) is 2. The second-order valence-corrected chi connectivity index (χ2v) is 7.31. The Morgan fingerprint density at radius 1 is 1.19 bits per heavy atom. The van der Waals surface area contributed by atoms with Crippen molar-refractivity contribution < 1.29 is 4.79 Å². The highest BCUT2D eigenvalue weighted by Crippen LogP contribution is 2.22. The van der Waals surface area contributed by atoms with Crippen molar-refractivity contribution in [3.8, 4) is 0 Å². The maximum atomic E-state index is 12.6. The third-order valence-corrected chi connectivity index (χ3v) is 5.01. The Kier molecular flexibility index (Phi) is 6.49. The quantitative estimate of drug-likeness (QED) is 0.816. The molecular formula is C17H33N3O. The van der Waals surface area contributed by atoms with Crippen molar-refractivity contribution in [3.63, 3.8) is 0 Å². The maximum absolute atomic E-state index is 12.6. The van der Waals surface area contributed by atoms with Gasteiger partial charge < -0.3 is 10.6 Å². The highest BCUT2D eigenvalue weighted by atomic mass is 16.2. The molecule has 0 saturated carbocycles. The molecule has 2 atom stereocenters.